The number of carbonyl (C=O) groups is 1. The number of hydrogen-bond acceptors (Lipinski definition) is 4. The summed E-state index contributed by atoms with van der Waals surface area (Å²) < 4.78 is 0. The number of benzene rings is 1. The minimum absolute atomic E-state index is 0.163. The van der Waals surface area contributed by atoms with Crippen molar-refractivity contribution in [3.8, 4) is 0 Å². The Bertz CT molecular complexity index is 579. The summed E-state index contributed by atoms with van der Waals surface area (Å²) >= 11 is 0. The number of aliphatic hydroxyl groups is 1. The molecule has 144 valence electrons. The quantitative estimate of drug-likeness (QED) is 0.843. The average molecular weight is 360 g/mol. The van der Waals surface area contributed by atoms with Crippen LogP contribution in [0.15, 0.2) is 24.3 Å². The van der Waals surface area contributed by atoms with E-state index in [0.717, 1.165) is 52.1 Å². The van der Waals surface area contributed by atoms with Crippen molar-refractivity contribution in [3.63, 3.8) is 0 Å². The lowest BCUT2D eigenvalue weighted by molar-refractivity contribution is -0.134. The van der Waals surface area contributed by atoms with Crippen LogP contribution in [0, 0.1) is 0 Å². The van der Waals surface area contributed by atoms with E-state index in [1.807, 2.05) is 4.90 Å². The molecule has 2 aliphatic heterocycles. The highest BCUT2D eigenvalue weighted by Crippen LogP contribution is 2.18. The van der Waals surface area contributed by atoms with Gasteiger partial charge in [0.1, 0.15) is 0 Å². The standard InChI is InChI=1S/C21H33N3O2/c1-17(2)19-7-5-18(6-8-19)14-22-10-12-23(13-11-22)21(26)15-24-9-3-4-20(24)16-25/h5-8,17,20,25H,3-4,9-16H2,1-2H3/t20-/m0/s1. The van der Waals surface area contributed by atoms with Gasteiger partial charge < -0.3 is 10.0 Å². The fourth-order valence-corrected chi connectivity index (χ4v) is 4.01. The van der Waals surface area contributed by atoms with Gasteiger partial charge in [-0.2, -0.15) is 0 Å². The van der Waals surface area contributed by atoms with E-state index in [1.54, 1.807) is 0 Å². The molecule has 2 aliphatic rings. The summed E-state index contributed by atoms with van der Waals surface area (Å²) in [7, 11) is 0. The molecule has 5 nitrogen and oxygen atoms in total. The molecule has 2 fully saturated rings. The fourth-order valence-electron chi connectivity index (χ4n) is 4.01. The number of hydrogen-bond donors (Lipinski definition) is 1. The first-order valence-electron chi connectivity index (χ1n) is 10.0. The Kier molecular flexibility index (Phi) is 6.68. The maximum Gasteiger partial charge on any atom is 0.236 e. The SMILES string of the molecule is CC(C)c1ccc(CN2CCN(C(=O)CN3CCC[C@H]3CO)CC2)cc1. The van der Waals surface area contributed by atoms with Crippen LogP contribution in [-0.4, -0.2) is 77.6 Å². The Labute approximate surface area is 157 Å². The van der Waals surface area contributed by atoms with E-state index in [4.69, 9.17) is 0 Å². The summed E-state index contributed by atoms with van der Waals surface area (Å²) in [6.45, 7) is 10.4. The molecular formula is C21H33N3O2. The normalized spacial score (nSPS) is 22.3. The van der Waals surface area contributed by atoms with Crippen LogP contribution in [0.25, 0.3) is 0 Å². The molecule has 2 saturated heterocycles. The van der Waals surface area contributed by atoms with Crippen molar-refractivity contribution in [1.82, 2.24) is 14.7 Å². The summed E-state index contributed by atoms with van der Waals surface area (Å²) in [6.07, 6.45) is 2.09. The number of amides is 1. The molecule has 1 aromatic carbocycles. The number of aliphatic hydroxyl groups excluding tert-OH is 1. The molecule has 1 N–H and O–H groups in total. The highest BCUT2D eigenvalue weighted by Gasteiger charge is 2.28. The predicted molar refractivity (Wildman–Crippen MR) is 104 cm³/mol. The van der Waals surface area contributed by atoms with E-state index in [-0.39, 0.29) is 18.6 Å². The molecule has 0 unspecified atom stereocenters. The van der Waals surface area contributed by atoms with Crippen LogP contribution >= 0.6 is 0 Å². The fraction of sp³-hybridized carbons (Fsp3) is 0.667. The van der Waals surface area contributed by atoms with Crippen LogP contribution in [0.1, 0.15) is 43.7 Å². The zero-order valence-corrected chi connectivity index (χ0v) is 16.2. The van der Waals surface area contributed by atoms with Gasteiger partial charge in [0.2, 0.25) is 5.91 Å². The van der Waals surface area contributed by atoms with Crippen LogP contribution in [0.4, 0.5) is 0 Å². The maximum atomic E-state index is 12.6. The van der Waals surface area contributed by atoms with E-state index in [9.17, 15) is 9.90 Å². The van der Waals surface area contributed by atoms with Gasteiger partial charge >= 0.3 is 0 Å². The summed E-state index contributed by atoms with van der Waals surface area (Å²) in [6, 6.07) is 9.10. The zero-order chi connectivity index (χ0) is 18.5. The van der Waals surface area contributed by atoms with Gasteiger partial charge in [0.15, 0.2) is 0 Å². The van der Waals surface area contributed by atoms with Gasteiger partial charge in [-0.3, -0.25) is 14.6 Å². The van der Waals surface area contributed by atoms with Crippen molar-refractivity contribution in [2.24, 2.45) is 0 Å². The topological polar surface area (TPSA) is 47.0 Å². The zero-order valence-electron chi connectivity index (χ0n) is 16.2. The molecule has 1 atom stereocenters. The average Bonchev–Trinajstić information content (AvgIpc) is 3.10. The van der Waals surface area contributed by atoms with Crippen molar-refractivity contribution in [3.05, 3.63) is 35.4 Å². The van der Waals surface area contributed by atoms with Crippen molar-refractivity contribution in [2.75, 3.05) is 45.9 Å². The third-order valence-electron chi connectivity index (χ3n) is 5.83. The molecule has 0 aromatic heterocycles. The summed E-state index contributed by atoms with van der Waals surface area (Å²) in [5.74, 6) is 0.783. The largest absolute Gasteiger partial charge is 0.395 e. The van der Waals surface area contributed by atoms with Crippen LogP contribution in [0.2, 0.25) is 0 Å². The van der Waals surface area contributed by atoms with E-state index in [1.165, 1.54) is 11.1 Å². The minimum Gasteiger partial charge on any atom is -0.395 e. The number of rotatable bonds is 6. The molecule has 1 amide bonds. The molecule has 5 heteroatoms. The van der Waals surface area contributed by atoms with Crippen LogP contribution in [-0.2, 0) is 11.3 Å². The molecule has 26 heavy (non-hydrogen) atoms. The van der Waals surface area contributed by atoms with Crippen LogP contribution in [0.3, 0.4) is 0 Å². The van der Waals surface area contributed by atoms with Gasteiger partial charge in [-0.25, -0.2) is 0 Å². The van der Waals surface area contributed by atoms with Crippen molar-refractivity contribution < 1.29 is 9.90 Å². The van der Waals surface area contributed by atoms with E-state index < -0.39 is 0 Å². The number of carbonyl (C=O) groups excluding carboxylic acids is 1. The smallest absolute Gasteiger partial charge is 0.236 e. The van der Waals surface area contributed by atoms with Crippen molar-refractivity contribution >= 4 is 5.91 Å². The molecular weight excluding hydrogens is 326 g/mol. The third-order valence-corrected chi connectivity index (χ3v) is 5.83. The minimum atomic E-state index is 0.163. The van der Waals surface area contributed by atoms with Gasteiger partial charge in [0.05, 0.1) is 13.2 Å². The molecule has 2 heterocycles. The summed E-state index contributed by atoms with van der Waals surface area (Å²) in [5.41, 5.74) is 2.73. The van der Waals surface area contributed by atoms with Crippen LogP contribution in [0.5, 0.6) is 0 Å². The van der Waals surface area contributed by atoms with E-state index in [0.29, 0.717) is 12.5 Å². The molecule has 0 saturated carbocycles. The van der Waals surface area contributed by atoms with Crippen molar-refractivity contribution in [2.45, 2.75) is 45.2 Å². The highest BCUT2D eigenvalue weighted by atomic mass is 16.3. The Hall–Kier alpha value is -1.43. The van der Waals surface area contributed by atoms with Gasteiger partial charge in [-0.1, -0.05) is 38.1 Å². The highest BCUT2D eigenvalue weighted by molar-refractivity contribution is 5.78. The number of likely N-dealkylation sites (tertiary alicyclic amines) is 1. The third kappa shape index (κ3) is 4.84. The summed E-state index contributed by atoms with van der Waals surface area (Å²) in [5, 5.41) is 9.41. The second-order valence-corrected chi connectivity index (χ2v) is 8.00. The lowest BCUT2D eigenvalue weighted by Gasteiger charge is -2.36. The first-order chi connectivity index (χ1) is 12.6. The van der Waals surface area contributed by atoms with Gasteiger partial charge in [0.25, 0.3) is 0 Å². The second-order valence-electron chi connectivity index (χ2n) is 8.00. The second kappa shape index (κ2) is 8.98. The first-order valence-corrected chi connectivity index (χ1v) is 10.0. The van der Waals surface area contributed by atoms with Gasteiger partial charge in [-0.05, 0) is 36.4 Å². The molecule has 0 radical (unpaired) electrons. The monoisotopic (exact) mass is 359 g/mol. The van der Waals surface area contributed by atoms with Crippen molar-refractivity contribution in [1.29, 1.82) is 0 Å². The lowest BCUT2D eigenvalue weighted by Crippen LogP contribution is -2.51. The maximum absolute atomic E-state index is 12.6. The lowest BCUT2D eigenvalue weighted by atomic mass is 10.0. The summed E-state index contributed by atoms with van der Waals surface area (Å²) in [4.78, 5) is 19.1. The molecule has 3 rings (SSSR count). The Morgan fingerprint density at radius 1 is 1.12 bits per heavy atom. The Morgan fingerprint density at radius 3 is 2.42 bits per heavy atom. The predicted octanol–water partition coefficient (Wildman–Crippen LogP) is 1.91. The van der Waals surface area contributed by atoms with E-state index in [2.05, 4.69) is 47.9 Å². The first kappa shape index (κ1) is 19.3. The van der Waals surface area contributed by atoms with Crippen LogP contribution < -0.4 is 0 Å². The van der Waals surface area contributed by atoms with E-state index >= 15 is 0 Å². The molecule has 0 spiro atoms. The Balaban J connectivity index is 1.44. The number of piperazine rings is 1. The van der Waals surface area contributed by atoms with Gasteiger partial charge in [-0.15, -0.1) is 0 Å². The van der Waals surface area contributed by atoms with Gasteiger partial charge in [0, 0.05) is 38.8 Å². The molecule has 0 aliphatic carbocycles. The Morgan fingerprint density at radius 2 is 1.81 bits per heavy atom. The number of nitrogens with zero attached hydrogens (tertiary/aromatic N) is 3. The molecule has 1 aromatic rings. The molecule has 0 bridgehead atoms.